The molecule has 0 aromatic heterocycles. The molecule has 0 saturated heterocycles. The average Bonchev–Trinajstić information content (AvgIpc) is 3.06. The fourth-order valence-corrected chi connectivity index (χ4v) is 8.94. The van der Waals surface area contributed by atoms with E-state index in [0.717, 1.165) is 49.4 Å². The summed E-state index contributed by atoms with van der Waals surface area (Å²) in [5.74, 6) is 0.196. The Morgan fingerprint density at radius 2 is 2.05 bits per heavy atom. The molecular formula is C32H39ClN2O5S. The maximum atomic E-state index is 13.2. The van der Waals surface area contributed by atoms with Crippen molar-refractivity contribution in [3.8, 4) is 5.75 Å². The molecule has 1 saturated carbocycles. The topological polar surface area (TPSA) is 95.9 Å². The summed E-state index contributed by atoms with van der Waals surface area (Å²) in [5, 5.41) is 11.8. The number of carbonyl (C=O) groups excluding carboxylic acids is 1. The highest BCUT2D eigenvalue weighted by molar-refractivity contribution is 7.90. The predicted octanol–water partition coefficient (Wildman–Crippen LogP) is 5.25. The first kappa shape index (κ1) is 28.6. The molecule has 0 unspecified atom stereocenters. The molecule has 6 rings (SSSR count). The second kappa shape index (κ2) is 11.3. The Balaban J connectivity index is 1.41. The van der Waals surface area contributed by atoms with Crippen LogP contribution in [0.1, 0.15) is 66.9 Å². The molecule has 220 valence electrons. The molecule has 2 bridgehead atoms. The zero-order valence-electron chi connectivity index (χ0n) is 23.5. The van der Waals surface area contributed by atoms with Crippen molar-refractivity contribution in [2.24, 2.45) is 17.8 Å². The van der Waals surface area contributed by atoms with Gasteiger partial charge in [0.1, 0.15) is 5.75 Å². The summed E-state index contributed by atoms with van der Waals surface area (Å²) in [6, 6.07) is 11.4. The monoisotopic (exact) mass is 598 g/mol. The molecule has 2 N–H and O–H groups in total. The number of benzene rings is 2. The summed E-state index contributed by atoms with van der Waals surface area (Å²) >= 11 is 6.38. The largest absolute Gasteiger partial charge is 0.490 e. The number of aryl methyl sites for hydroxylation is 1. The molecule has 2 aliphatic heterocycles. The van der Waals surface area contributed by atoms with Crippen molar-refractivity contribution in [1.29, 1.82) is 0 Å². The van der Waals surface area contributed by atoms with Crippen LogP contribution in [0.3, 0.4) is 0 Å². The fourth-order valence-electron chi connectivity index (χ4n) is 7.27. The fraction of sp³-hybridized carbons (Fsp3) is 0.531. The minimum atomic E-state index is -3.84. The standard InChI is InChI=1S/C32H39ClN2O5S/c1-2-21-5-3-7-29(36)26-11-8-24(26)17-35-19-32(14-4-6-22-15-25(33)10-12-27(22)32)20-40-30-13-9-23(16-28(30)35)31(37)34-41(38,39)18-21/h3,7,9-10,12-13,15-16,21,24,26,29,36H,2,4-6,8,11,14,17-20H2,1H3,(H,34,37)/b7-3+/t21-,24+,26-,29+,32+/m1/s1. The third-order valence-electron chi connectivity index (χ3n) is 9.75. The molecule has 0 radical (unpaired) electrons. The third kappa shape index (κ3) is 5.75. The number of amides is 1. The first-order valence-electron chi connectivity index (χ1n) is 14.9. The van der Waals surface area contributed by atoms with Gasteiger partial charge in [0.25, 0.3) is 5.91 Å². The minimum Gasteiger partial charge on any atom is -0.490 e. The van der Waals surface area contributed by atoms with Crippen molar-refractivity contribution < 1.29 is 23.1 Å². The summed E-state index contributed by atoms with van der Waals surface area (Å²) in [7, 11) is -3.84. The van der Waals surface area contributed by atoms with Gasteiger partial charge in [0.15, 0.2) is 0 Å². The zero-order valence-corrected chi connectivity index (χ0v) is 25.1. The van der Waals surface area contributed by atoms with Crippen LogP contribution in [0, 0.1) is 17.8 Å². The Morgan fingerprint density at radius 3 is 2.83 bits per heavy atom. The van der Waals surface area contributed by atoms with E-state index in [2.05, 4.69) is 21.8 Å². The summed E-state index contributed by atoms with van der Waals surface area (Å²) in [6.45, 7) is 3.87. The van der Waals surface area contributed by atoms with E-state index < -0.39 is 22.0 Å². The molecule has 2 aromatic carbocycles. The number of allylic oxidation sites excluding steroid dienone is 1. The normalized spacial score (nSPS) is 32.0. The number of ether oxygens (including phenoxy) is 1. The second-order valence-electron chi connectivity index (χ2n) is 12.4. The van der Waals surface area contributed by atoms with Crippen LogP contribution < -0.4 is 14.4 Å². The Kier molecular flexibility index (Phi) is 7.85. The quantitative estimate of drug-likeness (QED) is 0.436. The van der Waals surface area contributed by atoms with Gasteiger partial charge in [-0.15, -0.1) is 0 Å². The third-order valence-corrected chi connectivity index (χ3v) is 11.4. The van der Waals surface area contributed by atoms with Gasteiger partial charge >= 0.3 is 0 Å². The van der Waals surface area contributed by atoms with E-state index in [0.29, 0.717) is 37.7 Å². The lowest BCUT2D eigenvalue weighted by Crippen LogP contribution is -2.49. The highest BCUT2D eigenvalue weighted by Gasteiger charge is 2.44. The summed E-state index contributed by atoms with van der Waals surface area (Å²) in [4.78, 5) is 15.6. The number of nitrogens with zero attached hydrogens (tertiary/aromatic N) is 1. The van der Waals surface area contributed by atoms with Crippen LogP contribution in [0.2, 0.25) is 5.02 Å². The van der Waals surface area contributed by atoms with E-state index in [4.69, 9.17) is 16.3 Å². The molecule has 7 nitrogen and oxygen atoms in total. The van der Waals surface area contributed by atoms with Crippen LogP contribution in [-0.4, -0.2) is 51.0 Å². The molecule has 2 heterocycles. The van der Waals surface area contributed by atoms with Crippen molar-refractivity contribution in [1.82, 2.24) is 4.72 Å². The van der Waals surface area contributed by atoms with Crippen molar-refractivity contribution >= 4 is 33.2 Å². The molecule has 1 spiro atoms. The van der Waals surface area contributed by atoms with Gasteiger partial charge in [-0.1, -0.05) is 43.2 Å². The van der Waals surface area contributed by atoms with Gasteiger partial charge in [0, 0.05) is 29.1 Å². The van der Waals surface area contributed by atoms with E-state index in [-0.39, 0.29) is 28.6 Å². The number of nitrogens with one attached hydrogen (secondary N) is 1. The van der Waals surface area contributed by atoms with Crippen molar-refractivity contribution in [3.05, 3.63) is 70.3 Å². The molecule has 5 atom stereocenters. The Bertz CT molecular complexity index is 1460. The zero-order chi connectivity index (χ0) is 28.8. The number of aliphatic hydroxyl groups excluding tert-OH is 1. The highest BCUT2D eigenvalue weighted by Crippen LogP contribution is 2.46. The van der Waals surface area contributed by atoms with Crippen LogP contribution in [0.5, 0.6) is 5.75 Å². The number of halogens is 1. The van der Waals surface area contributed by atoms with E-state index >= 15 is 0 Å². The van der Waals surface area contributed by atoms with Gasteiger partial charge in [0.05, 0.1) is 24.2 Å². The molecule has 4 aliphatic rings. The first-order valence-corrected chi connectivity index (χ1v) is 16.9. The van der Waals surface area contributed by atoms with E-state index in [1.807, 2.05) is 25.1 Å². The molecule has 1 amide bonds. The van der Waals surface area contributed by atoms with Gasteiger partial charge < -0.3 is 14.7 Å². The molecular weight excluding hydrogens is 560 g/mol. The predicted molar refractivity (Wildman–Crippen MR) is 161 cm³/mol. The maximum absolute atomic E-state index is 13.2. The number of hydrogen-bond donors (Lipinski definition) is 2. The molecule has 2 aliphatic carbocycles. The van der Waals surface area contributed by atoms with Crippen LogP contribution in [0.15, 0.2) is 48.6 Å². The lowest BCUT2D eigenvalue weighted by Gasteiger charge is -2.45. The van der Waals surface area contributed by atoms with E-state index in [1.165, 1.54) is 11.1 Å². The SMILES string of the molecule is CC[C@@H]1C/C=C/[C@H](O)[C@@H]2CC[C@H]2CN2C[C@@]3(CCCc4cc(Cl)ccc43)COc3ccc(cc32)C(=O)NS(=O)(=O)C1. The smallest absolute Gasteiger partial charge is 0.264 e. The van der Waals surface area contributed by atoms with E-state index in [9.17, 15) is 18.3 Å². The summed E-state index contributed by atoms with van der Waals surface area (Å²) < 4.78 is 34.7. The number of aliphatic hydroxyl groups is 1. The van der Waals surface area contributed by atoms with E-state index in [1.54, 1.807) is 18.2 Å². The van der Waals surface area contributed by atoms with Crippen LogP contribution in [-0.2, 0) is 21.9 Å². The molecule has 2 aromatic rings. The molecule has 9 heteroatoms. The summed E-state index contributed by atoms with van der Waals surface area (Å²) in [5.41, 5.74) is 3.35. The minimum absolute atomic E-state index is 0.135. The lowest BCUT2D eigenvalue weighted by molar-refractivity contribution is 0.0456. The second-order valence-corrected chi connectivity index (χ2v) is 14.6. The Morgan fingerprint density at radius 1 is 1.20 bits per heavy atom. The maximum Gasteiger partial charge on any atom is 0.264 e. The number of rotatable bonds is 1. The highest BCUT2D eigenvalue weighted by atomic mass is 35.5. The van der Waals surface area contributed by atoms with Crippen molar-refractivity contribution in [2.75, 3.05) is 30.3 Å². The number of anilines is 1. The Labute approximate surface area is 248 Å². The number of carbonyl (C=O) groups is 1. The number of sulfonamides is 1. The van der Waals surface area contributed by atoms with Gasteiger partial charge in [-0.2, -0.15) is 0 Å². The number of fused-ring (bicyclic) bond motifs is 4. The van der Waals surface area contributed by atoms with Crippen LogP contribution in [0.25, 0.3) is 0 Å². The summed E-state index contributed by atoms with van der Waals surface area (Å²) in [6.07, 6.45) is 9.33. The van der Waals surface area contributed by atoms with Gasteiger partial charge in [-0.05, 0) is 97.7 Å². The van der Waals surface area contributed by atoms with Gasteiger partial charge in [-0.3, -0.25) is 4.79 Å². The van der Waals surface area contributed by atoms with Gasteiger partial charge in [-0.25, -0.2) is 13.1 Å². The van der Waals surface area contributed by atoms with Crippen LogP contribution >= 0.6 is 11.6 Å². The molecule has 41 heavy (non-hydrogen) atoms. The van der Waals surface area contributed by atoms with Crippen molar-refractivity contribution in [3.63, 3.8) is 0 Å². The van der Waals surface area contributed by atoms with Gasteiger partial charge in [0.2, 0.25) is 10.0 Å². The number of hydrogen-bond acceptors (Lipinski definition) is 6. The lowest BCUT2D eigenvalue weighted by atomic mass is 9.68. The average molecular weight is 599 g/mol. The molecule has 1 fully saturated rings. The first-order chi connectivity index (χ1) is 19.7. The Hall–Kier alpha value is -2.55. The van der Waals surface area contributed by atoms with Crippen LogP contribution in [0.4, 0.5) is 5.69 Å². The van der Waals surface area contributed by atoms with Crippen molar-refractivity contribution in [2.45, 2.75) is 63.4 Å².